The molecule has 1 N–H and O–H groups in total. The molecule has 32 heavy (non-hydrogen) atoms. The van der Waals surface area contributed by atoms with Crippen LogP contribution in [0.25, 0.3) is 11.1 Å². The highest BCUT2D eigenvalue weighted by Crippen LogP contribution is 2.39. The van der Waals surface area contributed by atoms with Crippen molar-refractivity contribution in [3.63, 3.8) is 0 Å². The fourth-order valence-electron chi connectivity index (χ4n) is 4.01. The van der Waals surface area contributed by atoms with Crippen molar-refractivity contribution in [3.05, 3.63) is 102 Å². The summed E-state index contributed by atoms with van der Waals surface area (Å²) in [5, 5.41) is 9.40. The molecule has 0 saturated heterocycles. The Morgan fingerprint density at radius 1 is 1.00 bits per heavy atom. The molecule has 0 amide bonds. The first kappa shape index (κ1) is 23.5. The summed E-state index contributed by atoms with van der Waals surface area (Å²) >= 11 is 0. The van der Waals surface area contributed by atoms with Crippen molar-refractivity contribution in [2.45, 2.75) is 31.6 Å². The monoisotopic (exact) mass is 440 g/mol. The molecule has 0 spiro atoms. The van der Waals surface area contributed by atoms with Crippen molar-refractivity contribution in [3.8, 4) is 16.9 Å². The number of phenols is 1. The van der Waals surface area contributed by atoms with Crippen LogP contribution >= 0.6 is 0 Å². The van der Waals surface area contributed by atoms with Gasteiger partial charge in [0.25, 0.3) is 0 Å². The summed E-state index contributed by atoms with van der Waals surface area (Å²) in [5.41, 5.74) is 1.60. The quantitative estimate of drug-likeness (QED) is 0.352. The molecule has 3 rings (SSSR count). The molecule has 1 saturated carbocycles. The van der Waals surface area contributed by atoms with Gasteiger partial charge < -0.3 is 9.84 Å². The lowest BCUT2D eigenvalue weighted by atomic mass is 9.78. The average molecular weight is 441 g/mol. The van der Waals surface area contributed by atoms with Gasteiger partial charge in [-0.25, -0.2) is 13.2 Å². The highest BCUT2D eigenvalue weighted by Gasteiger charge is 2.25. The zero-order chi connectivity index (χ0) is 23.3. The highest BCUT2D eigenvalue weighted by molar-refractivity contribution is 5.65. The van der Waals surface area contributed by atoms with Crippen LogP contribution in [-0.4, -0.2) is 12.2 Å². The maximum absolute atomic E-state index is 14.9. The summed E-state index contributed by atoms with van der Waals surface area (Å²) in [6.45, 7) is 7.27. The zero-order valence-corrected chi connectivity index (χ0v) is 18.1. The van der Waals surface area contributed by atoms with Crippen LogP contribution in [0.1, 0.15) is 37.2 Å². The second kappa shape index (κ2) is 10.4. The van der Waals surface area contributed by atoms with Crippen LogP contribution in [0.5, 0.6) is 5.75 Å². The van der Waals surface area contributed by atoms with E-state index in [1.807, 2.05) is 6.08 Å². The van der Waals surface area contributed by atoms with Gasteiger partial charge in [0.2, 0.25) is 0 Å². The van der Waals surface area contributed by atoms with E-state index in [0.717, 1.165) is 25.7 Å². The van der Waals surface area contributed by atoms with Gasteiger partial charge in [0.05, 0.1) is 7.11 Å². The SMILES string of the molecule is C=C(/C=C/C1CCC(c2ccc(-c3ccc(O)cc3)c(F)c2F)CC1)/C=C(/F)C(=C)OC. The lowest BCUT2D eigenvalue weighted by Gasteiger charge is -2.27. The molecular formula is C27H27F3O2. The van der Waals surface area contributed by atoms with E-state index in [0.29, 0.717) is 16.7 Å². The standard InChI is InChI=1S/C27H27F3O2/c1-17(16-25(28)18(2)32-3)4-5-19-6-8-20(9-7-19)23-14-15-24(27(30)26(23)29)21-10-12-22(31)13-11-21/h4-5,10-16,19-20,31H,1-2,6-9H2,3H3/b5-4+,25-16+. The van der Waals surface area contributed by atoms with E-state index in [1.165, 1.54) is 25.3 Å². The lowest BCUT2D eigenvalue weighted by Crippen LogP contribution is -2.13. The van der Waals surface area contributed by atoms with Crippen LogP contribution in [0.4, 0.5) is 13.2 Å². The van der Waals surface area contributed by atoms with Crippen LogP contribution < -0.4 is 0 Å². The van der Waals surface area contributed by atoms with Gasteiger partial charge in [-0.3, -0.25) is 0 Å². The van der Waals surface area contributed by atoms with E-state index in [1.54, 1.807) is 30.3 Å². The molecule has 1 aliphatic carbocycles. The van der Waals surface area contributed by atoms with Crippen molar-refractivity contribution in [2.75, 3.05) is 7.11 Å². The highest BCUT2D eigenvalue weighted by atomic mass is 19.2. The normalized spacial score (nSPS) is 19.2. The summed E-state index contributed by atoms with van der Waals surface area (Å²) < 4.78 is 48.1. The predicted octanol–water partition coefficient (Wildman–Crippen LogP) is 7.74. The third-order valence-electron chi connectivity index (χ3n) is 5.91. The van der Waals surface area contributed by atoms with E-state index in [9.17, 15) is 18.3 Å². The number of halogens is 3. The number of allylic oxidation sites excluding steroid dienone is 5. The first-order valence-electron chi connectivity index (χ1n) is 10.5. The van der Waals surface area contributed by atoms with Gasteiger partial charge >= 0.3 is 0 Å². The number of benzene rings is 2. The van der Waals surface area contributed by atoms with Crippen LogP contribution in [0, 0.1) is 17.6 Å². The van der Waals surface area contributed by atoms with Gasteiger partial charge in [-0.05, 0) is 72.4 Å². The number of aromatic hydroxyl groups is 1. The molecule has 0 atom stereocenters. The Labute approximate surface area is 187 Å². The van der Waals surface area contributed by atoms with Gasteiger partial charge in [-0.2, -0.15) is 0 Å². The van der Waals surface area contributed by atoms with Crippen LogP contribution in [0.2, 0.25) is 0 Å². The molecule has 0 unspecified atom stereocenters. The predicted molar refractivity (Wildman–Crippen MR) is 122 cm³/mol. The maximum atomic E-state index is 14.9. The van der Waals surface area contributed by atoms with E-state index in [4.69, 9.17) is 4.74 Å². The molecular weight excluding hydrogens is 413 g/mol. The topological polar surface area (TPSA) is 29.5 Å². The molecule has 0 aromatic heterocycles. The molecule has 0 heterocycles. The first-order valence-corrected chi connectivity index (χ1v) is 10.5. The van der Waals surface area contributed by atoms with Crippen molar-refractivity contribution in [1.29, 1.82) is 0 Å². The Morgan fingerprint density at radius 2 is 1.66 bits per heavy atom. The summed E-state index contributed by atoms with van der Waals surface area (Å²) in [7, 11) is 1.35. The molecule has 2 nitrogen and oxygen atoms in total. The average Bonchev–Trinajstić information content (AvgIpc) is 2.80. The van der Waals surface area contributed by atoms with Crippen molar-refractivity contribution >= 4 is 0 Å². The molecule has 1 aliphatic rings. The van der Waals surface area contributed by atoms with Gasteiger partial charge in [-0.1, -0.05) is 49.6 Å². The van der Waals surface area contributed by atoms with Gasteiger partial charge in [0.1, 0.15) is 11.5 Å². The van der Waals surface area contributed by atoms with Crippen LogP contribution in [-0.2, 0) is 4.74 Å². The Balaban J connectivity index is 1.64. The maximum Gasteiger partial charge on any atom is 0.166 e. The molecule has 5 heteroatoms. The second-order valence-corrected chi connectivity index (χ2v) is 8.04. The van der Waals surface area contributed by atoms with E-state index < -0.39 is 17.5 Å². The smallest absolute Gasteiger partial charge is 0.166 e. The first-order chi connectivity index (χ1) is 15.3. The lowest BCUT2D eigenvalue weighted by molar-refractivity contribution is 0.285. The van der Waals surface area contributed by atoms with E-state index >= 15 is 0 Å². The van der Waals surface area contributed by atoms with Crippen molar-refractivity contribution < 1.29 is 23.0 Å². The Hall–Kier alpha value is -3.21. The second-order valence-electron chi connectivity index (χ2n) is 8.04. The number of ether oxygens (including phenoxy) is 1. The molecule has 1 fully saturated rings. The number of rotatable bonds is 7. The summed E-state index contributed by atoms with van der Waals surface area (Å²) in [6.07, 6.45) is 8.14. The van der Waals surface area contributed by atoms with Crippen LogP contribution in [0.3, 0.4) is 0 Å². The number of hydrogen-bond donors (Lipinski definition) is 1. The van der Waals surface area contributed by atoms with Gasteiger partial charge in [-0.15, -0.1) is 0 Å². The largest absolute Gasteiger partial charge is 0.508 e. The minimum atomic E-state index is -0.863. The molecule has 0 radical (unpaired) electrons. The molecule has 168 valence electrons. The third kappa shape index (κ3) is 5.52. The Morgan fingerprint density at radius 3 is 2.28 bits per heavy atom. The minimum Gasteiger partial charge on any atom is -0.508 e. The van der Waals surface area contributed by atoms with Gasteiger partial charge in [0.15, 0.2) is 17.5 Å². The molecule has 2 aromatic rings. The fraction of sp³-hybridized carbons (Fsp3) is 0.259. The molecule has 2 aromatic carbocycles. The number of hydrogen-bond acceptors (Lipinski definition) is 2. The Kier molecular flexibility index (Phi) is 7.62. The summed E-state index contributed by atoms with van der Waals surface area (Å²) in [6, 6.07) is 9.28. The Bertz CT molecular complexity index is 1040. The number of methoxy groups -OCH3 is 1. The number of phenolic OH excluding ortho intramolecular Hbond substituents is 1. The van der Waals surface area contributed by atoms with Crippen molar-refractivity contribution in [1.82, 2.24) is 0 Å². The zero-order valence-electron chi connectivity index (χ0n) is 18.1. The minimum absolute atomic E-state index is 0.0476. The third-order valence-corrected chi connectivity index (χ3v) is 5.91. The molecule has 0 aliphatic heterocycles. The van der Waals surface area contributed by atoms with Crippen molar-refractivity contribution in [2.24, 2.45) is 5.92 Å². The van der Waals surface area contributed by atoms with Crippen LogP contribution in [0.15, 0.2) is 84.9 Å². The van der Waals surface area contributed by atoms with E-state index in [2.05, 4.69) is 13.2 Å². The fourth-order valence-corrected chi connectivity index (χ4v) is 4.01. The van der Waals surface area contributed by atoms with Gasteiger partial charge in [0, 0.05) is 5.56 Å². The van der Waals surface area contributed by atoms with E-state index in [-0.39, 0.29) is 28.9 Å². The summed E-state index contributed by atoms with van der Waals surface area (Å²) in [4.78, 5) is 0. The molecule has 0 bridgehead atoms. The summed E-state index contributed by atoms with van der Waals surface area (Å²) in [5.74, 6) is -1.99.